The van der Waals surface area contributed by atoms with E-state index in [1.54, 1.807) is 24.4 Å². The number of nitrogens with zero attached hydrogens (tertiary/aromatic N) is 4. The number of nitrogens with one attached hydrogen (secondary N) is 2. The molecule has 1 amide bonds. The van der Waals surface area contributed by atoms with Gasteiger partial charge < -0.3 is 5.32 Å². The highest BCUT2D eigenvalue weighted by Crippen LogP contribution is 2.23. The minimum atomic E-state index is -0.763. The lowest BCUT2D eigenvalue weighted by Crippen LogP contribution is -2.15. The summed E-state index contributed by atoms with van der Waals surface area (Å²) >= 11 is 3.24. The Labute approximate surface area is 148 Å². The number of anilines is 1. The Morgan fingerprint density at radius 3 is 2.92 bits per heavy atom. The molecule has 0 bridgehead atoms. The number of hydrogen-bond donors (Lipinski definition) is 2. The second-order valence-corrected chi connectivity index (χ2v) is 5.81. The maximum atomic E-state index is 13.7. The van der Waals surface area contributed by atoms with Gasteiger partial charge in [0.2, 0.25) is 5.69 Å². The molecule has 9 nitrogen and oxygen atoms in total. The van der Waals surface area contributed by atoms with Crippen molar-refractivity contribution < 1.29 is 14.1 Å². The van der Waals surface area contributed by atoms with Crippen molar-refractivity contribution in [2.45, 2.75) is 6.54 Å². The number of nitro groups is 1. The van der Waals surface area contributed by atoms with Crippen LogP contribution in [0.2, 0.25) is 0 Å². The molecule has 0 radical (unpaired) electrons. The predicted octanol–water partition coefficient (Wildman–Crippen LogP) is 2.72. The Morgan fingerprint density at radius 1 is 1.44 bits per heavy atom. The molecule has 0 saturated heterocycles. The van der Waals surface area contributed by atoms with Crippen LogP contribution in [0, 0.1) is 15.9 Å². The van der Waals surface area contributed by atoms with Crippen molar-refractivity contribution in [3.05, 3.63) is 68.3 Å². The minimum absolute atomic E-state index is 0.144. The van der Waals surface area contributed by atoms with E-state index in [4.69, 9.17) is 0 Å². The number of hydrogen-bond acceptors (Lipinski definition) is 5. The molecule has 11 heteroatoms. The zero-order chi connectivity index (χ0) is 18.0. The van der Waals surface area contributed by atoms with Gasteiger partial charge in [0.1, 0.15) is 12.0 Å². The van der Waals surface area contributed by atoms with Crippen LogP contribution in [0.15, 0.2) is 41.1 Å². The summed E-state index contributed by atoms with van der Waals surface area (Å²) < 4.78 is 15.6. The summed E-state index contributed by atoms with van der Waals surface area (Å²) in [7, 11) is 0. The Balaban J connectivity index is 1.79. The number of benzene rings is 1. The van der Waals surface area contributed by atoms with Gasteiger partial charge in [-0.3, -0.25) is 24.7 Å². The summed E-state index contributed by atoms with van der Waals surface area (Å²) in [5.74, 6) is -0.987. The number of aromatic amines is 1. The molecule has 1 aromatic carbocycles. The van der Waals surface area contributed by atoms with Crippen LogP contribution in [0.25, 0.3) is 0 Å². The molecule has 0 aliphatic rings. The fraction of sp³-hybridized carbons (Fsp3) is 0.0714. The van der Waals surface area contributed by atoms with Gasteiger partial charge in [-0.25, -0.2) is 4.39 Å². The third-order valence-corrected chi connectivity index (χ3v) is 3.86. The van der Waals surface area contributed by atoms with E-state index in [0.29, 0.717) is 10.0 Å². The molecule has 3 rings (SSSR count). The van der Waals surface area contributed by atoms with E-state index in [9.17, 15) is 19.3 Å². The number of aromatic nitrogens is 4. The van der Waals surface area contributed by atoms with Crippen molar-refractivity contribution in [1.82, 2.24) is 20.0 Å². The van der Waals surface area contributed by atoms with Crippen LogP contribution >= 0.6 is 15.9 Å². The molecule has 3 aromatic rings. The molecule has 0 fully saturated rings. The normalized spacial score (nSPS) is 10.6. The SMILES string of the molecule is O=C(Nc1nn(Cc2ccccc2F)cc1Br)c1[nH]ncc1[N+](=O)[O-]. The molecule has 2 heterocycles. The van der Waals surface area contributed by atoms with Crippen LogP contribution in [0.1, 0.15) is 16.1 Å². The molecule has 2 aromatic heterocycles. The summed E-state index contributed by atoms with van der Waals surface area (Å²) in [6.07, 6.45) is 2.50. The summed E-state index contributed by atoms with van der Waals surface area (Å²) in [5.41, 5.74) is -0.306. The fourth-order valence-corrected chi connectivity index (χ4v) is 2.53. The fourth-order valence-electron chi connectivity index (χ4n) is 2.12. The molecule has 0 aliphatic heterocycles. The van der Waals surface area contributed by atoms with Gasteiger partial charge in [0.15, 0.2) is 5.82 Å². The molecule has 0 saturated carbocycles. The van der Waals surface area contributed by atoms with Crippen LogP contribution in [-0.2, 0) is 6.54 Å². The maximum Gasteiger partial charge on any atom is 0.319 e. The summed E-state index contributed by atoms with van der Waals surface area (Å²) in [4.78, 5) is 22.3. The molecular formula is C14H10BrFN6O3. The van der Waals surface area contributed by atoms with Gasteiger partial charge in [0.05, 0.1) is 15.9 Å². The second kappa shape index (κ2) is 6.81. The van der Waals surface area contributed by atoms with Crippen LogP contribution in [0.5, 0.6) is 0 Å². The summed E-state index contributed by atoms with van der Waals surface area (Å²) in [6, 6.07) is 6.25. The highest BCUT2D eigenvalue weighted by atomic mass is 79.9. The lowest BCUT2D eigenvalue weighted by Gasteiger charge is -2.03. The van der Waals surface area contributed by atoms with Gasteiger partial charge >= 0.3 is 5.69 Å². The molecule has 128 valence electrons. The number of carbonyl (C=O) groups is 1. The van der Waals surface area contributed by atoms with E-state index in [1.807, 2.05) is 0 Å². The van der Waals surface area contributed by atoms with Gasteiger partial charge in [0.25, 0.3) is 5.91 Å². The number of halogens is 2. The van der Waals surface area contributed by atoms with Crippen LogP contribution < -0.4 is 5.32 Å². The van der Waals surface area contributed by atoms with Crippen molar-refractivity contribution in [2.24, 2.45) is 0 Å². The zero-order valence-corrected chi connectivity index (χ0v) is 14.0. The van der Waals surface area contributed by atoms with Gasteiger partial charge in [-0.1, -0.05) is 18.2 Å². The second-order valence-electron chi connectivity index (χ2n) is 4.96. The van der Waals surface area contributed by atoms with Crippen molar-refractivity contribution in [3.8, 4) is 0 Å². The molecule has 25 heavy (non-hydrogen) atoms. The van der Waals surface area contributed by atoms with Crippen LogP contribution in [0.3, 0.4) is 0 Å². The summed E-state index contributed by atoms with van der Waals surface area (Å²) in [6.45, 7) is 0.158. The molecule has 0 atom stereocenters. The Morgan fingerprint density at radius 2 is 2.20 bits per heavy atom. The highest BCUT2D eigenvalue weighted by Gasteiger charge is 2.24. The molecule has 0 spiro atoms. The average Bonchev–Trinajstić information content (AvgIpc) is 3.17. The number of rotatable bonds is 5. The topological polar surface area (TPSA) is 119 Å². The lowest BCUT2D eigenvalue weighted by molar-refractivity contribution is -0.385. The first-order valence-electron chi connectivity index (χ1n) is 6.91. The van der Waals surface area contributed by atoms with E-state index in [1.165, 1.54) is 10.7 Å². The molecular weight excluding hydrogens is 399 g/mol. The first-order valence-corrected chi connectivity index (χ1v) is 7.70. The minimum Gasteiger partial charge on any atom is -0.303 e. The average molecular weight is 409 g/mol. The van der Waals surface area contributed by atoms with Gasteiger partial charge in [-0.15, -0.1) is 0 Å². The monoisotopic (exact) mass is 408 g/mol. The number of carbonyl (C=O) groups excluding carboxylic acids is 1. The predicted molar refractivity (Wildman–Crippen MR) is 88.6 cm³/mol. The first-order chi connectivity index (χ1) is 12.0. The Bertz CT molecular complexity index is 954. The summed E-state index contributed by atoms with van der Waals surface area (Å²) in [5, 5.41) is 23.2. The standard InChI is InChI=1S/C14H10BrFN6O3/c15-9-7-21(6-8-3-1-2-4-10(8)16)20-13(9)18-14(23)12-11(22(24)25)5-17-19-12/h1-5,7H,6H2,(H,17,19)(H,18,20,23). The number of H-pyrrole nitrogens is 1. The zero-order valence-electron chi connectivity index (χ0n) is 12.4. The first kappa shape index (κ1) is 16.8. The van der Waals surface area contributed by atoms with Crippen LogP contribution in [-0.4, -0.2) is 30.8 Å². The third-order valence-electron chi connectivity index (χ3n) is 3.28. The van der Waals surface area contributed by atoms with E-state index in [2.05, 4.69) is 36.5 Å². The smallest absolute Gasteiger partial charge is 0.303 e. The number of amides is 1. The molecule has 0 unspecified atom stereocenters. The van der Waals surface area contributed by atoms with Gasteiger partial charge in [0, 0.05) is 11.8 Å². The van der Waals surface area contributed by atoms with E-state index < -0.39 is 16.5 Å². The molecule has 0 aliphatic carbocycles. The van der Waals surface area contributed by atoms with Crippen molar-refractivity contribution >= 4 is 33.3 Å². The highest BCUT2D eigenvalue weighted by molar-refractivity contribution is 9.10. The van der Waals surface area contributed by atoms with Gasteiger partial charge in [-0.2, -0.15) is 10.2 Å². The van der Waals surface area contributed by atoms with Crippen molar-refractivity contribution in [3.63, 3.8) is 0 Å². The largest absolute Gasteiger partial charge is 0.319 e. The van der Waals surface area contributed by atoms with Gasteiger partial charge in [-0.05, 0) is 22.0 Å². The van der Waals surface area contributed by atoms with E-state index in [-0.39, 0.29) is 23.9 Å². The van der Waals surface area contributed by atoms with Crippen LogP contribution in [0.4, 0.5) is 15.9 Å². The molecule has 2 N–H and O–H groups in total. The lowest BCUT2D eigenvalue weighted by atomic mass is 10.2. The quantitative estimate of drug-likeness (QED) is 0.496. The maximum absolute atomic E-state index is 13.7. The Kier molecular flexibility index (Phi) is 4.57. The third kappa shape index (κ3) is 3.55. The van der Waals surface area contributed by atoms with E-state index in [0.717, 1.165) is 6.20 Å². The van der Waals surface area contributed by atoms with E-state index >= 15 is 0 Å². The Hall–Kier alpha value is -3.08. The van der Waals surface area contributed by atoms with Crippen molar-refractivity contribution in [2.75, 3.05) is 5.32 Å². The van der Waals surface area contributed by atoms with Crippen molar-refractivity contribution in [1.29, 1.82) is 0 Å².